The lowest BCUT2D eigenvalue weighted by molar-refractivity contribution is 0.182. The number of hydrogen-bond acceptors (Lipinski definition) is 3. The number of hydrogen-bond donors (Lipinski definition) is 1. The minimum absolute atomic E-state index is 0.748. The Morgan fingerprint density at radius 1 is 1.26 bits per heavy atom. The zero-order chi connectivity index (χ0) is 13.5. The van der Waals surface area contributed by atoms with E-state index in [1.54, 1.807) is 0 Å². The molecule has 1 fully saturated rings. The van der Waals surface area contributed by atoms with Gasteiger partial charge in [-0.25, -0.2) is 0 Å². The second-order valence-corrected chi connectivity index (χ2v) is 5.47. The van der Waals surface area contributed by atoms with E-state index in [0.717, 1.165) is 36.0 Å². The van der Waals surface area contributed by atoms with Gasteiger partial charge in [-0.1, -0.05) is 18.0 Å². The molecule has 19 heavy (non-hydrogen) atoms. The topological polar surface area (TPSA) is 24.5 Å². The summed E-state index contributed by atoms with van der Waals surface area (Å²) in [6.45, 7) is 4.97. The van der Waals surface area contributed by atoms with Crippen molar-refractivity contribution in [1.29, 1.82) is 0 Å². The fourth-order valence-electron chi connectivity index (χ4n) is 2.49. The van der Waals surface area contributed by atoms with Crippen LogP contribution in [0.2, 0.25) is 5.02 Å². The van der Waals surface area contributed by atoms with Crippen molar-refractivity contribution in [2.75, 3.05) is 33.3 Å². The van der Waals surface area contributed by atoms with Crippen LogP contribution < -0.4 is 10.1 Å². The normalized spacial score (nSPS) is 16.5. The Labute approximate surface area is 120 Å². The molecule has 1 aromatic rings. The van der Waals surface area contributed by atoms with Crippen molar-refractivity contribution >= 4 is 11.6 Å². The van der Waals surface area contributed by atoms with Crippen molar-refractivity contribution in [3.05, 3.63) is 28.8 Å². The second-order valence-electron chi connectivity index (χ2n) is 5.03. The predicted octanol–water partition coefficient (Wildman–Crippen LogP) is 2.92. The third-order valence-electron chi connectivity index (χ3n) is 3.50. The molecule has 4 heteroatoms. The van der Waals surface area contributed by atoms with Gasteiger partial charge in [0.05, 0.1) is 0 Å². The summed E-state index contributed by atoms with van der Waals surface area (Å²) < 4.78 is 5.91. The molecule has 0 atom stereocenters. The molecule has 0 bridgehead atoms. The van der Waals surface area contributed by atoms with Crippen LogP contribution in [0.4, 0.5) is 0 Å². The van der Waals surface area contributed by atoms with E-state index in [-0.39, 0.29) is 0 Å². The first-order valence-electron chi connectivity index (χ1n) is 7.08. The van der Waals surface area contributed by atoms with Crippen LogP contribution in [0.5, 0.6) is 5.75 Å². The molecule has 0 aromatic heterocycles. The molecule has 0 saturated carbocycles. The van der Waals surface area contributed by atoms with Crippen molar-refractivity contribution in [2.45, 2.75) is 25.8 Å². The van der Waals surface area contributed by atoms with Gasteiger partial charge in [-0.2, -0.15) is 0 Å². The summed E-state index contributed by atoms with van der Waals surface area (Å²) in [6.07, 6.45) is 4.03. The van der Waals surface area contributed by atoms with E-state index in [9.17, 15) is 0 Å². The maximum absolute atomic E-state index is 6.02. The lowest BCUT2D eigenvalue weighted by Crippen LogP contribution is -2.33. The number of rotatable bonds is 6. The number of ether oxygens (including phenoxy) is 1. The molecule has 2 rings (SSSR count). The van der Waals surface area contributed by atoms with E-state index in [0.29, 0.717) is 0 Å². The summed E-state index contributed by atoms with van der Waals surface area (Å²) in [7, 11) is 1.93. The van der Waals surface area contributed by atoms with Crippen molar-refractivity contribution in [2.24, 2.45) is 0 Å². The van der Waals surface area contributed by atoms with Gasteiger partial charge in [0.25, 0.3) is 0 Å². The molecule has 0 spiro atoms. The Hall–Kier alpha value is -0.770. The van der Waals surface area contributed by atoms with E-state index >= 15 is 0 Å². The number of nitrogens with zero attached hydrogens (tertiary/aromatic N) is 1. The third-order valence-corrected chi connectivity index (χ3v) is 3.74. The van der Waals surface area contributed by atoms with E-state index in [1.165, 1.54) is 32.4 Å². The van der Waals surface area contributed by atoms with Crippen molar-refractivity contribution < 1.29 is 4.74 Å². The first-order chi connectivity index (χ1) is 9.29. The smallest absolute Gasteiger partial charge is 0.123 e. The zero-order valence-electron chi connectivity index (χ0n) is 11.6. The van der Waals surface area contributed by atoms with Gasteiger partial charge >= 0.3 is 0 Å². The van der Waals surface area contributed by atoms with Crippen molar-refractivity contribution in [3.8, 4) is 5.75 Å². The van der Waals surface area contributed by atoms with E-state index in [1.807, 2.05) is 25.2 Å². The Kier molecular flexibility index (Phi) is 5.95. The molecule has 1 N–H and O–H groups in total. The molecular weight excluding hydrogens is 260 g/mol. The molecule has 1 heterocycles. The van der Waals surface area contributed by atoms with E-state index in [2.05, 4.69) is 10.2 Å². The van der Waals surface area contributed by atoms with Gasteiger partial charge in [-0.15, -0.1) is 0 Å². The van der Waals surface area contributed by atoms with Crippen LogP contribution in [0, 0.1) is 0 Å². The van der Waals surface area contributed by atoms with Crippen LogP contribution >= 0.6 is 11.6 Å². The van der Waals surface area contributed by atoms with E-state index < -0.39 is 0 Å². The first kappa shape index (κ1) is 14.6. The average Bonchev–Trinajstić information content (AvgIpc) is 2.43. The summed E-state index contributed by atoms with van der Waals surface area (Å²) in [4.78, 5) is 2.48. The Morgan fingerprint density at radius 3 is 2.79 bits per heavy atom. The fraction of sp³-hybridized carbons (Fsp3) is 0.600. The highest BCUT2D eigenvalue weighted by atomic mass is 35.5. The molecule has 0 aliphatic carbocycles. The number of nitrogens with one attached hydrogen (secondary N) is 1. The van der Waals surface area contributed by atoms with Gasteiger partial charge in [0.2, 0.25) is 0 Å². The van der Waals surface area contributed by atoms with Gasteiger partial charge in [0, 0.05) is 23.7 Å². The van der Waals surface area contributed by atoms with Crippen molar-refractivity contribution in [1.82, 2.24) is 10.2 Å². The highest BCUT2D eigenvalue weighted by Gasteiger charge is 2.10. The zero-order valence-corrected chi connectivity index (χ0v) is 12.4. The first-order valence-corrected chi connectivity index (χ1v) is 7.45. The molecule has 0 amide bonds. The van der Waals surface area contributed by atoms with Gasteiger partial charge in [0.15, 0.2) is 0 Å². The summed E-state index contributed by atoms with van der Waals surface area (Å²) >= 11 is 6.02. The maximum Gasteiger partial charge on any atom is 0.123 e. The fourth-order valence-corrected chi connectivity index (χ4v) is 2.68. The molecule has 0 unspecified atom stereocenters. The van der Waals surface area contributed by atoms with Crippen LogP contribution in [0.25, 0.3) is 0 Å². The minimum Gasteiger partial charge on any atom is -0.492 e. The monoisotopic (exact) mass is 282 g/mol. The molecule has 1 aliphatic rings. The van der Waals surface area contributed by atoms with Gasteiger partial charge in [-0.3, -0.25) is 4.90 Å². The minimum atomic E-state index is 0.748. The SMILES string of the molecule is CNCc1cc(Cl)ccc1OCCN1CCCCC1. The molecule has 1 aliphatic heterocycles. The largest absolute Gasteiger partial charge is 0.492 e. The predicted molar refractivity (Wildman–Crippen MR) is 80.0 cm³/mol. The van der Waals surface area contributed by atoms with Crippen LogP contribution in [0.3, 0.4) is 0 Å². The quantitative estimate of drug-likeness (QED) is 0.868. The Balaban J connectivity index is 1.84. The summed E-state index contributed by atoms with van der Waals surface area (Å²) in [5.41, 5.74) is 1.12. The standard InChI is InChI=1S/C15H23ClN2O/c1-17-12-13-11-14(16)5-6-15(13)19-10-9-18-7-3-2-4-8-18/h5-6,11,17H,2-4,7-10,12H2,1H3. The summed E-state index contributed by atoms with van der Waals surface area (Å²) in [5.74, 6) is 0.941. The van der Waals surface area contributed by atoms with Crippen LogP contribution in [-0.2, 0) is 6.54 Å². The Bertz CT molecular complexity index is 392. The van der Waals surface area contributed by atoms with Crippen LogP contribution in [0.15, 0.2) is 18.2 Å². The summed E-state index contributed by atoms with van der Waals surface area (Å²) in [5, 5.41) is 3.90. The number of piperidine rings is 1. The summed E-state index contributed by atoms with van der Waals surface area (Å²) in [6, 6.07) is 5.82. The average molecular weight is 283 g/mol. The van der Waals surface area contributed by atoms with Gasteiger partial charge in [-0.05, 0) is 51.2 Å². The lowest BCUT2D eigenvalue weighted by Gasteiger charge is -2.26. The third kappa shape index (κ3) is 4.68. The molecule has 1 saturated heterocycles. The molecular formula is C15H23ClN2O. The number of halogens is 1. The number of likely N-dealkylation sites (tertiary alicyclic amines) is 1. The lowest BCUT2D eigenvalue weighted by atomic mass is 10.1. The molecule has 1 aromatic carbocycles. The molecule has 3 nitrogen and oxygen atoms in total. The van der Waals surface area contributed by atoms with E-state index in [4.69, 9.17) is 16.3 Å². The van der Waals surface area contributed by atoms with Gasteiger partial charge < -0.3 is 10.1 Å². The van der Waals surface area contributed by atoms with Gasteiger partial charge in [0.1, 0.15) is 12.4 Å². The second kappa shape index (κ2) is 7.73. The molecule has 106 valence electrons. The highest BCUT2D eigenvalue weighted by molar-refractivity contribution is 6.30. The highest BCUT2D eigenvalue weighted by Crippen LogP contribution is 2.23. The van der Waals surface area contributed by atoms with Crippen molar-refractivity contribution in [3.63, 3.8) is 0 Å². The van der Waals surface area contributed by atoms with Crippen LogP contribution in [0.1, 0.15) is 24.8 Å². The Morgan fingerprint density at radius 2 is 2.05 bits per heavy atom. The maximum atomic E-state index is 6.02. The molecule has 0 radical (unpaired) electrons. The number of benzene rings is 1. The van der Waals surface area contributed by atoms with Crippen LogP contribution in [-0.4, -0.2) is 38.2 Å².